The molecule has 9 heteroatoms. The van der Waals surface area contributed by atoms with E-state index in [4.69, 9.17) is 23.7 Å². The first-order chi connectivity index (χ1) is 38.0. The number of methoxy groups -OCH3 is 2. The predicted octanol–water partition coefficient (Wildman–Crippen LogP) is 15.4. The van der Waals surface area contributed by atoms with Crippen molar-refractivity contribution in [2.75, 3.05) is 50.2 Å². The van der Waals surface area contributed by atoms with E-state index in [1.165, 1.54) is 55.3 Å². The van der Waals surface area contributed by atoms with Gasteiger partial charge in [0.15, 0.2) is 5.60 Å². The molecule has 2 heterocycles. The van der Waals surface area contributed by atoms with Gasteiger partial charge in [0.2, 0.25) is 0 Å². The summed E-state index contributed by atoms with van der Waals surface area (Å²) in [5, 5.41) is 1.66. The molecular formula is C69H66N2O7. The Balaban J connectivity index is 0.836. The van der Waals surface area contributed by atoms with E-state index in [0.29, 0.717) is 28.7 Å². The lowest BCUT2D eigenvalue weighted by atomic mass is 9.76. The summed E-state index contributed by atoms with van der Waals surface area (Å²) < 4.78 is 31.0. The first kappa shape index (κ1) is 50.5. The van der Waals surface area contributed by atoms with Gasteiger partial charge in [0.05, 0.1) is 19.8 Å². The van der Waals surface area contributed by atoms with Gasteiger partial charge in [0, 0.05) is 65.0 Å². The topological polar surface area (TPSA) is 86.8 Å². The maximum absolute atomic E-state index is 14.5. The average Bonchev–Trinajstić information content (AvgIpc) is 3.74. The lowest BCUT2D eigenvalue weighted by molar-refractivity contribution is 0.0728. The second kappa shape index (κ2) is 20.9. The molecule has 1 atom stereocenters. The van der Waals surface area contributed by atoms with Gasteiger partial charge in [-0.1, -0.05) is 119 Å². The molecule has 8 aromatic carbocycles. The zero-order valence-corrected chi connectivity index (χ0v) is 45.2. The van der Waals surface area contributed by atoms with Crippen LogP contribution in [-0.4, -0.2) is 52.3 Å². The fraction of sp³-hybridized carbons (Fsp3) is 0.275. The second-order valence-corrected chi connectivity index (χ2v) is 21.9. The average molecular weight is 1040 g/mol. The number of nitrogens with zero attached hydrogens (tertiary/aromatic N) is 2. The lowest BCUT2D eigenvalue weighted by Crippen LogP contribution is -2.46. The van der Waals surface area contributed by atoms with Crippen molar-refractivity contribution in [1.29, 1.82) is 0 Å². The minimum atomic E-state index is -1.00. The molecule has 2 aliphatic carbocycles. The molecule has 0 N–H and O–H groups in total. The minimum absolute atomic E-state index is 0.261. The number of esters is 2. The van der Waals surface area contributed by atoms with Crippen LogP contribution in [0.3, 0.4) is 0 Å². The monoisotopic (exact) mass is 1030 g/mol. The van der Waals surface area contributed by atoms with Crippen LogP contribution in [0.5, 0.6) is 28.7 Å². The van der Waals surface area contributed by atoms with Gasteiger partial charge >= 0.3 is 11.9 Å². The van der Waals surface area contributed by atoms with E-state index in [2.05, 4.69) is 140 Å². The van der Waals surface area contributed by atoms with Gasteiger partial charge in [-0.2, -0.15) is 0 Å². The Kier molecular flexibility index (Phi) is 13.5. The van der Waals surface area contributed by atoms with Crippen LogP contribution in [0.2, 0.25) is 0 Å². The van der Waals surface area contributed by atoms with Crippen LogP contribution in [0.4, 0.5) is 11.4 Å². The number of rotatable bonds is 13. The molecule has 1 saturated heterocycles. The fourth-order valence-electron chi connectivity index (χ4n) is 12.9. The quantitative estimate of drug-likeness (QED) is 0.0828. The summed E-state index contributed by atoms with van der Waals surface area (Å²) in [5.74, 6) is 3.00. The van der Waals surface area contributed by atoms with Crippen LogP contribution in [0.25, 0.3) is 28.0 Å². The Morgan fingerprint density at radius 1 is 0.615 bits per heavy atom. The summed E-state index contributed by atoms with van der Waals surface area (Å²) in [6, 6.07) is 54.3. The molecule has 8 aromatic rings. The maximum Gasteiger partial charge on any atom is 0.347 e. The van der Waals surface area contributed by atoms with E-state index in [1.54, 1.807) is 38.5 Å². The van der Waals surface area contributed by atoms with Crippen molar-refractivity contribution in [3.63, 3.8) is 0 Å². The molecule has 0 spiro atoms. The van der Waals surface area contributed by atoms with Crippen LogP contribution >= 0.6 is 0 Å². The largest absolute Gasteiger partial charge is 0.497 e. The fourth-order valence-corrected chi connectivity index (χ4v) is 12.9. The van der Waals surface area contributed by atoms with E-state index in [1.807, 2.05) is 42.5 Å². The van der Waals surface area contributed by atoms with E-state index in [0.717, 1.165) is 87.7 Å². The minimum Gasteiger partial charge on any atom is -0.497 e. The first-order valence-corrected chi connectivity index (χ1v) is 27.7. The normalized spacial score (nSPS) is 19.0. The number of anilines is 2. The number of hydrogen-bond donors (Lipinski definition) is 0. The van der Waals surface area contributed by atoms with Crippen molar-refractivity contribution < 1.29 is 33.3 Å². The number of hydrogen-bond acceptors (Lipinski definition) is 9. The summed E-state index contributed by atoms with van der Waals surface area (Å²) >= 11 is 0. The molecule has 2 fully saturated rings. The number of carbonyl (C=O) groups excluding carboxylic acids is 2. The number of carbonyl (C=O) groups is 2. The van der Waals surface area contributed by atoms with Crippen molar-refractivity contribution in [3.05, 3.63) is 214 Å². The van der Waals surface area contributed by atoms with Crippen molar-refractivity contribution >= 4 is 40.2 Å². The zero-order chi connectivity index (χ0) is 53.5. The second-order valence-electron chi connectivity index (χ2n) is 21.9. The van der Waals surface area contributed by atoms with Crippen LogP contribution < -0.4 is 33.5 Å². The van der Waals surface area contributed by atoms with Crippen molar-refractivity contribution in [2.24, 2.45) is 5.92 Å². The smallest absolute Gasteiger partial charge is 0.347 e. The Labute approximate surface area is 458 Å². The van der Waals surface area contributed by atoms with Gasteiger partial charge in [0.1, 0.15) is 34.3 Å². The molecule has 0 bridgehead atoms. The molecule has 1 unspecified atom stereocenters. The van der Waals surface area contributed by atoms with Crippen LogP contribution in [0.15, 0.2) is 170 Å². The SMILES string of the molecule is CCCC1CCC(c2ccc(OC(=O)c3ccc(OC(=O)c4cc5c6c(c7c(c5cc4OC)OC(c4ccccc4)(c4ccc(N5CCN(c8ccc(OC)cc8)CC5)cc4)C=C7)C(C)(C)c4ccccc4-6)cc3)cc2)CC1. The summed E-state index contributed by atoms with van der Waals surface area (Å²) in [6.45, 7) is 10.4. The van der Waals surface area contributed by atoms with Crippen molar-refractivity contribution in [3.8, 4) is 39.9 Å². The van der Waals surface area contributed by atoms with Gasteiger partial charge in [-0.15, -0.1) is 0 Å². The van der Waals surface area contributed by atoms with E-state index in [9.17, 15) is 9.59 Å². The Morgan fingerprint density at radius 2 is 1.21 bits per heavy atom. The maximum atomic E-state index is 14.5. The van der Waals surface area contributed by atoms with Crippen LogP contribution in [-0.2, 0) is 11.0 Å². The summed E-state index contributed by atoms with van der Waals surface area (Å²) in [6.07, 6.45) is 12.0. The number of fused-ring (bicyclic) bond motifs is 8. The molecule has 4 aliphatic rings. The molecule has 2 aliphatic heterocycles. The molecule has 12 rings (SSSR count). The Hall–Kier alpha value is -8.30. The van der Waals surface area contributed by atoms with Gasteiger partial charge < -0.3 is 33.5 Å². The third-order valence-corrected chi connectivity index (χ3v) is 17.1. The molecule has 1 saturated carbocycles. The molecule has 0 radical (unpaired) electrons. The van der Waals surface area contributed by atoms with E-state index < -0.39 is 23.0 Å². The molecule has 9 nitrogen and oxygen atoms in total. The first-order valence-electron chi connectivity index (χ1n) is 27.7. The van der Waals surface area contributed by atoms with E-state index in [-0.39, 0.29) is 11.3 Å². The lowest BCUT2D eigenvalue weighted by Gasteiger charge is -2.39. The standard InChI is InChI=1S/C69H66N2O7/c1-6-12-45-17-19-46(20-18-45)47-21-31-54(32-22-47)76-66(72)48-23-33-55(34-24-48)77-67(73)60-43-58-59(44-62(60)75-5)65-57(64-63(58)56-15-10-11-16-61(56)68(64,2)3)37-38-69(78-65,49-13-8-7-9-14-49)50-25-27-51(28-26-50)70-39-41-71(42-40-70)52-29-35-53(74-4)36-30-52/h7-11,13-16,21-38,43-46H,6,12,17-20,39-42H2,1-5H3. The molecular weight excluding hydrogens is 969 g/mol. The highest BCUT2D eigenvalue weighted by Crippen LogP contribution is 2.59. The van der Waals surface area contributed by atoms with Crippen molar-refractivity contribution in [2.45, 2.75) is 76.2 Å². The van der Waals surface area contributed by atoms with Gasteiger partial charge in [-0.3, -0.25) is 0 Å². The molecule has 0 amide bonds. The summed E-state index contributed by atoms with van der Waals surface area (Å²) in [5.41, 5.74) is 10.3. The summed E-state index contributed by atoms with van der Waals surface area (Å²) in [4.78, 5) is 32.7. The summed E-state index contributed by atoms with van der Waals surface area (Å²) in [7, 11) is 3.26. The van der Waals surface area contributed by atoms with E-state index >= 15 is 0 Å². The highest BCUT2D eigenvalue weighted by molar-refractivity contribution is 6.12. The van der Waals surface area contributed by atoms with Gasteiger partial charge in [0.25, 0.3) is 0 Å². The molecule has 78 heavy (non-hydrogen) atoms. The highest BCUT2D eigenvalue weighted by atomic mass is 16.5. The number of ether oxygens (including phenoxy) is 5. The third-order valence-electron chi connectivity index (χ3n) is 17.1. The van der Waals surface area contributed by atoms with Gasteiger partial charge in [-0.05, 0) is 162 Å². The third kappa shape index (κ3) is 9.22. The van der Waals surface area contributed by atoms with Crippen LogP contribution in [0, 0.1) is 5.92 Å². The predicted molar refractivity (Wildman–Crippen MR) is 311 cm³/mol. The molecule has 394 valence electrons. The number of benzene rings is 8. The zero-order valence-electron chi connectivity index (χ0n) is 45.2. The molecule has 0 aromatic heterocycles. The number of piperazine rings is 1. The Bertz CT molecular complexity index is 3540. The highest BCUT2D eigenvalue weighted by Gasteiger charge is 2.45. The van der Waals surface area contributed by atoms with Crippen LogP contribution in [0.1, 0.15) is 119 Å². The van der Waals surface area contributed by atoms with Crippen molar-refractivity contribution in [1.82, 2.24) is 0 Å². The van der Waals surface area contributed by atoms with Gasteiger partial charge in [-0.25, -0.2) is 9.59 Å². The Morgan fingerprint density at radius 3 is 1.85 bits per heavy atom.